The zero-order valence-electron chi connectivity index (χ0n) is 21.1. The van der Waals surface area contributed by atoms with Gasteiger partial charge in [-0.15, -0.1) is 11.8 Å². The Morgan fingerprint density at radius 2 is 1.80 bits per heavy atom. The molecule has 3 rings (SSSR count). The van der Waals surface area contributed by atoms with E-state index in [1.54, 1.807) is 13.8 Å². The molecule has 7 nitrogen and oxygen atoms in total. The van der Waals surface area contributed by atoms with Crippen LogP contribution in [-0.2, 0) is 16.1 Å². The molecular formula is C27H33N3O4S. The number of aryl methyl sites for hydroxylation is 2. The van der Waals surface area contributed by atoms with Crippen molar-refractivity contribution in [2.45, 2.75) is 57.7 Å². The molecule has 0 atom stereocenters. The van der Waals surface area contributed by atoms with Gasteiger partial charge in [0.25, 0.3) is 5.91 Å². The molecule has 0 aliphatic carbocycles. The molecule has 0 aliphatic rings. The van der Waals surface area contributed by atoms with Gasteiger partial charge in [-0.1, -0.05) is 24.3 Å². The molecule has 2 aromatic carbocycles. The second-order valence-electron chi connectivity index (χ2n) is 8.93. The summed E-state index contributed by atoms with van der Waals surface area (Å²) in [6.45, 7) is 12.8. The van der Waals surface area contributed by atoms with Crippen molar-refractivity contribution in [3.05, 3.63) is 65.0 Å². The number of benzene rings is 2. The zero-order valence-corrected chi connectivity index (χ0v) is 22.0. The molecule has 0 saturated carbocycles. The Hall–Kier alpha value is -3.10. The summed E-state index contributed by atoms with van der Waals surface area (Å²) < 4.78 is 6.63. The summed E-state index contributed by atoms with van der Waals surface area (Å²) in [4.78, 5) is 30.3. The van der Waals surface area contributed by atoms with Crippen molar-refractivity contribution < 1.29 is 19.4 Å². The smallest absolute Gasteiger partial charge is 0.319 e. The highest BCUT2D eigenvalue weighted by Gasteiger charge is 2.28. The number of carboxylic acids is 1. The van der Waals surface area contributed by atoms with E-state index in [-0.39, 0.29) is 5.91 Å². The number of thioether (sulfide) groups is 1. The molecule has 0 spiro atoms. The molecule has 0 aliphatic heterocycles. The van der Waals surface area contributed by atoms with Gasteiger partial charge in [0.1, 0.15) is 16.3 Å². The maximum Gasteiger partial charge on any atom is 0.319 e. The largest absolute Gasteiger partial charge is 0.480 e. The zero-order chi connectivity index (χ0) is 25.8. The van der Waals surface area contributed by atoms with E-state index in [0.717, 1.165) is 33.0 Å². The highest BCUT2D eigenvalue weighted by atomic mass is 32.2. The average Bonchev–Trinajstić information content (AvgIpc) is 3.13. The van der Waals surface area contributed by atoms with Crippen LogP contribution in [0.1, 0.15) is 48.1 Å². The van der Waals surface area contributed by atoms with E-state index in [1.165, 1.54) is 11.8 Å². The van der Waals surface area contributed by atoms with Gasteiger partial charge in [-0.25, -0.2) is 4.98 Å². The summed E-state index contributed by atoms with van der Waals surface area (Å²) in [6, 6.07) is 13.5. The van der Waals surface area contributed by atoms with Crippen LogP contribution in [0.2, 0.25) is 0 Å². The van der Waals surface area contributed by atoms with E-state index in [4.69, 9.17) is 9.72 Å². The Kier molecular flexibility index (Phi) is 8.40. The van der Waals surface area contributed by atoms with E-state index < -0.39 is 10.7 Å². The number of imidazole rings is 1. The molecule has 1 amide bonds. The number of ether oxygens (including phenoxy) is 1. The van der Waals surface area contributed by atoms with Crippen LogP contribution in [0.3, 0.4) is 0 Å². The van der Waals surface area contributed by atoms with Crippen LogP contribution < -0.4 is 5.32 Å². The summed E-state index contributed by atoms with van der Waals surface area (Å²) in [6.07, 6.45) is 0. The van der Waals surface area contributed by atoms with Crippen molar-refractivity contribution in [3.63, 3.8) is 0 Å². The molecule has 0 radical (unpaired) electrons. The Morgan fingerprint density at radius 3 is 2.43 bits per heavy atom. The lowest BCUT2D eigenvalue weighted by molar-refractivity contribution is -0.138. The predicted molar refractivity (Wildman–Crippen MR) is 140 cm³/mol. The van der Waals surface area contributed by atoms with Crippen LogP contribution in [0.4, 0.5) is 5.69 Å². The topological polar surface area (TPSA) is 93.4 Å². The summed E-state index contributed by atoms with van der Waals surface area (Å²) in [7, 11) is 0. The summed E-state index contributed by atoms with van der Waals surface area (Å²) in [5, 5.41) is 12.4. The number of hydrogen-bond acceptors (Lipinski definition) is 5. The fourth-order valence-electron chi connectivity index (χ4n) is 3.61. The number of carbonyl (C=O) groups is 2. The summed E-state index contributed by atoms with van der Waals surface area (Å²) >= 11 is 1.29. The van der Waals surface area contributed by atoms with Gasteiger partial charge in [0, 0.05) is 35.0 Å². The molecule has 3 aromatic rings. The third-order valence-corrected chi connectivity index (χ3v) is 6.93. The van der Waals surface area contributed by atoms with Crippen molar-refractivity contribution in [2.24, 2.45) is 0 Å². The number of amides is 1. The van der Waals surface area contributed by atoms with Gasteiger partial charge < -0.3 is 19.7 Å². The molecular weight excluding hydrogens is 462 g/mol. The number of nitrogens with zero attached hydrogens (tertiary/aromatic N) is 2. The first-order valence-electron chi connectivity index (χ1n) is 11.6. The number of anilines is 1. The van der Waals surface area contributed by atoms with Crippen LogP contribution >= 0.6 is 11.8 Å². The first-order chi connectivity index (χ1) is 16.5. The third-order valence-electron chi connectivity index (χ3n) is 5.74. The number of hydrogen-bond donors (Lipinski definition) is 2. The Bertz CT molecular complexity index is 1220. The minimum Gasteiger partial charge on any atom is -0.480 e. The summed E-state index contributed by atoms with van der Waals surface area (Å²) in [5.41, 5.74) is 4.77. The standard InChI is InChI=1S/C27H33N3O4S/c1-7-34-15-14-30-19(4)23(25(31)28-22-16-17(2)8-9-18(22)3)29-24(30)20-10-12-21(13-11-20)35-27(5,6)26(32)33/h8-13,16H,7,14-15H2,1-6H3,(H,28,31)(H,32,33). The van der Waals surface area contributed by atoms with Gasteiger partial charge in [-0.3, -0.25) is 9.59 Å². The van der Waals surface area contributed by atoms with Crippen molar-refractivity contribution in [1.82, 2.24) is 9.55 Å². The van der Waals surface area contributed by atoms with Gasteiger partial charge >= 0.3 is 5.97 Å². The monoisotopic (exact) mass is 495 g/mol. The highest BCUT2D eigenvalue weighted by molar-refractivity contribution is 8.01. The highest BCUT2D eigenvalue weighted by Crippen LogP contribution is 2.34. The minimum atomic E-state index is -0.937. The Labute approximate surface area is 210 Å². The molecule has 35 heavy (non-hydrogen) atoms. The molecule has 2 N–H and O–H groups in total. The fraction of sp³-hybridized carbons (Fsp3) is 0.370. The second kappa shape index (κ2) is 11.1. The van der Waals surface area contributed by atoms with Crippen molar-refractivity contribution in [2.75, 3.05) is 18.5 Å². The first-order valence-corrected chi connectivity index (χ1v) is 12.4. The fourth-order valence-corrected chi connectivity index (χ4v) is 4.55. The summed E-state index contributed by atoms with van der Waals surface area (Å²) in [5.74, 6) is -0.460. The molecule has 8 heteroatoms. The third kappa shape index (κ3) is 6.32. The van der Waals surface area contributed by atoms with Crippen molar-refractivity contribution >= 4 is 29.3 Å². The lowest BCUT2D eigenvalue weighted by Crippen LogP contribution is -2.26. The van der Waals surface area contributed by atoms with Crippen LogP contribution in [-0.4, -0.2) is 44.5 Å². The number of carboxylic acid groups (broad SMARTS) is 1. The van der Waals surface area contributed by atoms with E-state index in [1.807, 2.05) is 74.7 Å². The van der Waals surface area contributed by atoms with E-state index in [0.29, 0.717) is 31.3 Å². The average molecular weight is 496 g/mol. The molecule has 0 saturated heterocycles. The maximum absolute atomic E-state index is 13.2. The number of nitrogens with one attached hydrogen (secondary N) is 1. The van der Waals surface area contributed by atoms with Crippen LogP contribution in [0.15, 0.2) is 47.4 Å². The van der Waals surface area contributed by atoms with Crippen molar-refractivity contribution in [3.8, 4) is 11.4 Å². The molecule has 1 heterocycles. The second-order valence-corrected chi connectivity index (χ2v) is 10.6. The predicted octanol–water partition coefficient (Wildman–Crippen LogP) is 5.72. The van der Waals surface area contributed by atoms with Gasteiger partial charge in [-0.05, 0) is 70.9 Å². The lowest BCUT2D eigenvalue weighted by Gasteiger charge is -2.18. The lowest BCUT2D eigenvalue weighted by atomic mass is 10.1. The van der Waals surface area contributed by atoms with Gasteiger partial charge in [0.15, 0.2) is 0 Å². The number of aliphatic carboxylic acids is 1. The van der Waals surface area contributed by atoms with Crippen LogP contribution in [0.5, 0.6) is 0 Å². The Balaban J connectivity index is 1.94. The first kappa shape index (κ1) is 26.5. The molecule has 0 unspecified atom stereocenters. The Morgan fingerprint density at radius 1 is 1.11 bits per heavy atom. The van der Waals surface area contributed by atoms with E-state index in [9.17, 15) is 14.7 Å². The van der Waals surface area contributed by atoms with Crippen molar-refractivity contribution in [1.29, 1.82) is 0 Å². The van der Waals surface area contributed by atoms with E-state index in [2.05, 4.69) is 5.32 Å². The maximum atomic E-state index is 13.2. The van der Waals surface area contributed by atoms with Crippen LogP contribution in [0, 0.1) is 20.8 Å². The van der Waals surface area contributed by atoms with Crippen LogP contribution in [0.25, 0.3) is 11.4 Å². The molecule has 0 bridgehead atoms. The quantitative estimate of drug-likeness (QED) is 0.276. The van der Waals surface area contributed by atoms with Gasteiger partial charge in [0.2, 0.25) is 0 Å². The molecule has 1 aromatic heterocycles. The normalized spacial score (nSPS) is 11.5. The number of aromatic nitrogens is 2. The number of carbonyl (C=O) groups excluding carboxylic acids is 1. The molecule has 0 fully saturated rings. The molecule has 186 valence electrons. The van der Waals surface area contributed by atoms with E-state index >= 15 is 0 Å². The van der Waals surface area contributed by atoms with Gasteiger partial charge in [0.05, 0.1) is 6.61 Å². The SMILES string of the molecule is CCOCCn1c(-c2ccc(SC(C)(C)C(=O)O)cc2)nc(C(=O)Nc2cc(C)ccc2C)c1C. The number of rotatable bonds is 10. The minimum absolute atomic E-state index is 0.261. The van der Waals surface area contributed by atoms with Gasteiger partial charge in [-0.2, -0.15) is 0 Å².